The van der Waals surface area contributed by atoms with Gasteiger partial charge in [-0.2, -0.15) is 0 Å². The number of phosphoric ester groups is 2. The molecule has 0 saturated carbocycles. The third-order valence-corrected chi connectivity index (χ3v) is 19.9. The van der Waals surface area contributed by atoms with Gasteiger partial charge in [0.1, 0.15) is 19.3 Å². The lowest BCUT2D eigenvalue weighted by Crippen LogP contribution is -2.30. The zero-order valence-corrected chi connectivity index (χ0v) is 64.5. The van der Waals surface area contributed by atoms with Gasteiger partial charge in [0.05, 0.1) is 26.4 Å². The molecule has 3 N–H and O–H groups in total. The lowest BCUT2D eigenvalue weighted by Gasteiger charge is -2.21. The van der Waals surface area contributed by atoms with Crippen LogP contribution in [-0.2, 0) is 65.4 Å². The molecule has 0 aliphatic rings. The Morgan fingerprint density at radius 3 is 0.708 bits per heavy atom. The van der Waals surface area contributed by atoms with E-state index in [4.69, 9.17) is 37.0 Å². The van der Waals surface area contributed by atoms with Crippen LogP contribution in [-0.4, -0.2) is 96.7 Å². The zero-order chi connectivity index (χ0) is 70.7. The highest BCUT2D eigenvalue weighted by molar-refractivity contribution is 7.47. The van der Waals surface area contributed by atoms with Crippen LogP contribution < -0.4 is 0 Å². The number of carbonyl (C=O) groups is 4. The average molecular weight is 1410 g/mol. The molecule has 0 radical (unpaired) electrons. The molecule has 0 aromatic heterocycles. The number of aliphatic hydroxyl groups is 1. The van der Waals surface area contributed by atoms with Crippen molar-refractivity contribution in [3.05, 3.63) is 0 Å². The van der Waals surface area contributed by atoms with E-state index in [0.29, 0.717) is 37.5 Å². The first-order valence-electron chi connectivity index (χ1n) is 40.0. The second-order valence-corrected chi connectivity index (χ2v) is 31.6. The minimum Gasteiger partial charge on any atom is -0.462 e. The first-order valence-corrected chi connectivity index (χ1v) is 43.0. The van der Waals surface area contributed by atoms with Crippen LogP contribution in [0.4, 0.5) is 0 Å². The van der Waals surface area contributed by atoms with Gasteiger partial charge in [-0.1, -0.05) is 350 Å². The molecular formula is C77H150O17P2. The summed E-state index contributed by atoms with van der Waals surface area (Å²) in [4.78, 5) is 72.7. The molecule has 0 saturated heterocycles. The van der Waals surface area contributed by atoms with Gasteiger partial charge >= 0.3 is 39.5 Å². The molecule has 0 bridgehead atoms. The molecule has 0 aliphatic carbocycles. The second kappa shape index (κ2) is 68.8. The maximum Gasteiger partial charge on any atom is 0.472 e. The summed E-state index contributed by atoms with van der Waals surface area (Å²) in [6.45, 7) is 9.44. The van der Waals surface area contributed by atoms with E-state index in [0.717, 1.165) is 96.3 Å². The lowest BCUT2D eigenvalue weighted by molar-refractivity contribution is -0.161. The molecule has 0 fully saturated rings. The predicted molar refractivity (Wildman–Crippen MR) is 391 cm³/mol. The largest absolute Gasteiger partial charge is 0.472 e. The Balaban J connectivity index is 5.17. The van der Waals surface area contributed by atoms with Crippen molar-refractivity contribution in [2.75, 3.05) is 39.6 Å². The SMILES string of the molecule is CCCCCCCCCCCCCCCCCCCCCCCCC(=O)O[C@H](COC(=O)CCCCCCCCCCCCCCCCC)COP(=O)(O)OC[C@@H](O)COP(=O)(O)OC[C@@H](COC(=O)CCCCCCCCC(C)C)OC(=O)CCCCCCCCCC(C)C. The lowest BCUT2D eigenvalue weighted by atomic mass is 10.0. The molecule has 2 unspecified atom stereocenters. The van der Waals surface area contributed by atoms with Crippen molar-refractivity contribution < 1.29 is 80.2 Å². The number of ether oxygens (including phenoxy) is 4. The van der Waals surface area contributed by atoms with Gasteiger partial charge in [0.2, 0.25) is 0 Å². The van der Waals surface area contributed by atoms with Crippen LogP contribution in [0.15, 0.2) is 0 Å². The van der Waals surface area contributed by atoms with Crippen molar-refractivity contribution >= 4 is 39.5 Å². The fraction of sp³-hybridized carbons (Fsp3) is 0.948. The Hall–Kier alpha value is -1.94. The number of hydrogen-bond donors (Lipinski definition) is 3. The van der Waals surface area contributed by atoms with Gasteiger partial charge in [0.15, 0.2) is 12.2 Å². The van der Waals surface area contributed by atoms with Crippen LogP contribution in [0.2, 0.25) is 0 Å². The molecule has 0 heterocycles. The summed E-state index contributed by atoms with van der Waals surface area (Å²) in [5.41, 5.74) is 0. The summed E-state index contributed by atoms with van der Waals surface area (Å²) in [6, 6.07) is 0. The highest BCUT2D eigenvalue weighted by atomic mass is 31.2. The van der Waals surface area contributed by atoms with Crippen molar-refractivity contribution in [2.24, 2.45) is 11.8 Å². The van der Waals surface area contributed by atoms with Gasteiger partial charge in [-0.25, -0.2) is 9.13 Å². The fourth-order valence-corrected chi connectivity index (χ4v) is 13.4. The minimum atomic E-state index is -4.96. The molecule has 17 nitrogen and oxygen atoms in total. The van der Waals surface area contributed by atoms with Crippen LogP contribution in [0.5, 0.6) is 0 Å². The average Bonchev–Trinajstić information content (AvgIpc) is 1.36. The summed E-state index contributed by atoms with van der Waals surface area (Å²) in [7, 11) is -9.91. The van der Waals surface area contributed by atoms with Crippen molar-refractivity contribution in [1.29, 1.82) is 0 Å². The Morgan fingerprint density at radius 2 is 0.479 bits per heavy atom. The Kier molecular flexibility index (Phi) is 67.4. The quantitative estimate of drug-likeness (QED) is 0.0222. The van der Waals surface area contributed by atoms with Crippen LogP contribution in [0.1, 0.15) is 401 Å². The zero-order valence-electron chi connectivity index (χ0n) is 62.7. The predicted octanol–water partition coefficient (Wildman–Crippen LogP) is 22.7. The molecule has 19 heteroatoms. The third kappa shape index (κ3) is 70.5. The molecule has 5 atom stereocenters. The monoisotopic (exact) mass is 1410 g/mol. The van der Waals surface area contributed by atoms with Crippen molar-refractivity contribution in [3.8, 4) is 0 Å². The maximum atomic E-state index is 13.1. The van der Waals surface area contributed by atoms with Gasteiger partial charge in [-0.15, -0.1) is 0 Å². The topological polar surface area (TPSA) is 237 Å². The van der Waals surface area contributed by atoms with Gasteiger partial charge in [0, 0.05) is 25.7 Å². The van der Waals surface area contributed by atoms with E-state index < -0.39 is 97.5 Å². The summed E-state index contributed by atoms with van der Waals surface area (Å²) >= 11 is 0. The maximum absolute atomic E-state index is 13.1. The summed E-state index contributed by atoms with van der Waals surface area (Å²) in [5, 5.41) is 10.6. The number of unbranched alkanes of at least 4 members (excludes halogenated alkanes) is 46. The summed E-state index contributed by atoms with van der Waals surface area (Å²) in [6.07, 6.45) is 57.4. The first kappa shape index (κ1) is 94.1. The summed E-state index contributed by atoms with van der Waals surface area (Å²) < 4.78 is 68.4. The number of aliphatic hydroxyl groups excluding tert-OH is 1. The van der Waals surface area contributed by atoms with Crippen LogP contribution in [0, 0.1) is 11.8 Å². The number of carbonyl (C=O) groups excluding carboxylic acids is 4. The normalized spacial score (nSPS) is 14.0. The highest BCUT2D eigenvalue weighted by Gasteiger charge is 2.30. The standard InChI is InChI=1S/C77H150O17P2/c1-7-9-11-13-15-17-19-21-23-24-25-26-27-28-29-31-33-35-37-41-49-55-61-76(81)93-72(65-87-74(79)59-53-47-40-36-34-32-30-22-20-18-16-14-12-10-8-2)67-91-95(83,84)89-63-71(78)64-90-96(85,86)92-68-73(66-88-75(80)60-54-48-44-43-46-52-58-70(5)6)94-77(82)62-56-50-42-38-39-45-51-57-69(3)4/h69-73,78H,7-68H2,1-6H3,(H,83,84)(H,85,86)/t71-,72-,73-/m1/s1. The van der Waals surface area contributed by atoms with Gasteiger partial charge < -0.3 is 33.8 Å². The molecule has 0 spiro atoms. The van der Waals surface area contributed by atoms with Crippen LogP contribution in [0.25, 0.3) is 0 Å². The van der Waals surface area contributed by atoms with Crippen molar-refractivity contribution in [1.82, 2.24) is 0 Å². The molecule has 0 rings (SSSR count). The van der Waals surface area contributed by atoms with Gasteiger partial charge in [-0.3, -0.25) is 37.3 Å². The van der Waals surface area contributed by atoms with E-state index in [2.05, 4.69) is 41.5 Å². The van der Waals surface area contributed by atoms with E-state index >= 15 is 0 Å². The molecular weight excluding hydrogens is 1260 g/mol. The number of hydrogen-bond acceptors (Lipinski definition) is 15. The number of esters is 4. The fourth-order valence-electron chi connectivity index (χ4n) is 11.8. The molecule has 570 valence electrons. The van der Waals surface area contributed by atoms with E-state index in [-0.39, 0.29) is 25.7 Å². The van der Waals surface area contributed by atoms with Gasteiger partial charge in [0.25, 0.3) is 0 Å². The van der Waals surface area contributed by atoms with Crippen LogP contribution in [0.3, 0.4) is 0 Å². The molecule has 0 aromatic carbocycles. The van der Waals surface area contributed by atoms with E-state index in [9.17, 15) is 43.2 Å². The van der Waals surface area contributed by atoms with E-state index in [1.807, 2.05) is 0 Å². The smallest absolute Gasteiger partial charge is 0.462 e. The Bertz CT molecular complexity index is 1860. The van der Waals surface area contributed by atoms with E-state index in [1.165, 1.54) is 212 Å². The first-order chi connectivity index (χ1) is 46.4. The van der Waals surface area contributed by atoms with Gasteiger partial charge in [-0.05, 0) is 37.5 Å². The molecule has 0 aliphatic heterocycles. The summed E-state index contributed by atoms with van der Waals surface area (Å²) in [5.74, 6) is -0.745. The minimum absolute atomic E-state index is 0.103. The third-order valence-electron chi connectivity index (χ3n) is 18.0. The van der Waals surface area contributed by atoms with Crippen molar-refractivity contribution in [3.63, 3.8) is 0 Å². The number of rotatable bonds is 76. The molecule has 96 heavy (non-hydrogen) atoms. The molecule has 0 aromatic rings. The van der Waals surface area contributed by atoms with Crippen molar-refractivity contribution in [2.45, 2.75) is 419 Å². The second-order valence-electron chi connectivity index (χ2n) is 28.7. The Morgan fingerprint density at radius 1 is 0.281 bits per heavy atom. The highest BCUT2D eigenvalue weighted by Crippen LogP contribution is 2.45. The molecule has 0 amide bonds. The number of phosphoric acid groups is 2. The van der Waals surface area contributed by atoms with E-state index in [1.54, 1.807) is 0 Å². The van der Waals surface area contributed by atoms with Crippen LogP contribution >= 0.6 is 15.6 Å². The Labute approximate surface area is 588 Å².